The lowest BCUT2D eigenvalue weighted by Crippen LogP contribution is -2.54. The number of rotatable bonds is 14. The van der Waals surface area contributed by atoms with Crippen molar-refractivity contribution in [2.24, 2.45) is 0 Å². The van der Waals surface area contributed by atoms with Crippen LogP contribution in [-0.4, -0.2) is 43.8 Å². The number of nitrogens with zero attached hydrogens (tertiary/aromatic N) is 2. The maximum atomic E-state index is 14.6. The minimum atomic E-state index is -4.15. The van der Waals surface area contributed by atoms with Gasteiger partial charge >= 0.3 is 0 Å². The third-order valence-corrected chi connectivity index (χ3v) is 10.3. The zero-order chi connectivity index (χ0) is 34.1. The molecule has 0 heterocycles. The van der Waals surface area contributed by atoms with Crippen LogP contribution in [0.1, 0.15) is 67.9 Å². The van der Waals surface area contributed by atoms with Crippen molar-refractivity contribution in [2.45, 2.75) is 83.8 Å². The molecule has 0 aliphatic heterocycles. The molecule has 0 bridgehead atoms. The van der Waals surface area contributed by atoms with Crippen molar-refractivity contribution in [3.63, 3.8) is 0 Å². The number of carbonyl (C=O) groups excluding carboxylic acids is 2. The summed E-state index contributed by atoms with van der Waals surface area (Å²) in [5.74, 6) is -0.507. The van der Waals surface area contributed by atoms with Gasteiger partial charge in [0, 0.05) is 19.0 Å². The quantitative estimate of drug-likeness (QED) is 0.156. The van der Waals surface area contributed by atoms with Crippen LogP contribution in [-0.2, 0) is 32.6 Å². The van der Waals surface area contributed by atoms with Gasteiger partial charge < -0.3 is 10.2 Å². The Morgan fingerprint density at radius 1 is 0.745 bits per heavy atom. The van der Waals surface area contributed by atoms with E-state index in [1.807, 2.05) is 94.4 Å². The molecule has 1 N–H and O–H groups in total. The molecule has 0 radical (unpaired) electrons. The van der Waals surface area contributed by atoms with E-state index in [4.69, 9.17) is 0 Å². The summed E-state index contributed by atoms with van der Waals surface area (Å²) in [7, 11) is -4.15. The lowest BCUT2D eigenvalue weighted by molar-refractivity contribution is -0.140. The number of hydrogen-bond acceptors (Lipinski definition) is 4. The van der Waals surface area contributed by atoms with Crippen molar-refractivity contribution in [1.29, 1.82) is 0 Å². The topological polar surface area (TPSA) is 86.8 Å². The predicted molar refractivity (Wildman–Crippen MR) is 190 cm³/mol. The van der Waals surface area contributed by atoms with Crippen molar-refractivity contribution in [3.05, 3.63) is 131 Å². The Morgan fingerprint density at radius 3 is 1.87 bits per heavy atom. The summed E-state index contributed by atoms with van der Waals surface area (Å²) >= 11 is 0. The fraction of sp³-hybridized carbons (Fsp3) is 0.333. The van der Waals surface area contributed by atoms with Crippen molar-refractivity contribution >= 4 is 27.5 Å². The first-order chi connectivity index (χ1) is 22.4. The van der Waals surface area contributed by atoms with E-state index in [0.29, 0.717) is 5.69 Å². The molecule has 248 valence electrons. The molecule has 0 aromatic heterocycles. The smallest absolute Gasteiger partial charge is 0.264 e. The van der Waals surface area contributed by atoms with Gasteiger partial charge in [-0.15, -0.1) is 0 Å². The van der Waals surface area contributed by atoms with Gasteiger partial charge in [0.05, 0.1) is 10.6 Å². The van der Waals surface area contributed by atoms with E-state index in [-0.39, 0.29) is 35.7 Å². The molecule has 8 heteroatoms. The van der Waals surface area contributed by atoms with Crippen LogP contribution in [0.25, 0.3) is 0 Å². The zero-order valence-corrected chi connectivity index (χ0v) is 29.1. The number of amides is 2. The molecule has 0 spiro atoms. The van der Waals surface area contributed by atoms with Crippen LogP contribution >= 0.6 is 0 Å². The SMILES string of the molecule is CC[C@@H](C)NC(=O)[C@H](Cc1ccccc1)N(Cc1ccc(C)cc1)C(=O)CN(c1ccc(C(C)C)cc1)S(=O)(=O)c1ccc(C)cc1. The summed E-state index contributed by atoms with van der Waals surface area (Å²) in [6.45, 7) is 11.6. The normalized spacial score (nSPS) is 12.7. The Morgan fingerprint density at radius 2 is 1.32 bits per heavy atom. The molecule has 2 atom stereocenters. The second kappa shape index (κ2) is 15.9. The van der Waals surface area contributed by atoms with Crippen LogP contribution < -0.4 is 9.62 Å². The first-order valence-electron chi connectivity index (χ1n) is 16.3. The molecule has 0 saturated carbocycles. The number of benzene rings is 4. The lowest BCUT2D eigenvalue weighted by atomic mass is 10.0. The number of anilines is 1. The first-order valence-corrected chi connectivity index (χ1v) is 17.7. The standard InChI is InChI=1S/C39H47N3O4S/c1-7-31(6)40-39(44)37(25-32-11-9-8-10-12-32)41(26-33-17-13-29(4)14-18-33)38(43)27-42(35-21-19-34(20-22-35)28(2)3)47(45,46)36-23-15-30(5)16-24-36/h8-24,28,31,37H,7,25-27H2,1-6H3,(H,40,44)/t31-,37+/m1/s1. The Bertz CT molecular complexity index is 1720. The molecule has 4 rings (SSSR count). The number of carbonyl (C=O) groups is 2. The number of aryl methyl sites for hydroxylation is 2. The average Bonchev–Trinajstić information content (AvgIpc) is 3.06. The van der Waals surface area contributed by atoms with Crippen LogP contribution in [0.4, 0.5) is 5.69 Å². The van der Waals surface area contributed by atoms with Crippen LogP contribution in [0, 0.1) is 13.8 Å². The molecule has 2 amide bonds. The van der Waals surface area contributed by atoms with Gasteiger partial charge in [0.15, 0.2) is 0 Å². The number of hydrogen-bond donors (Lipinski definition) is 1. The lowest BCUT2D eigenvalue weighted by Gasteiger charge is -2.34. The number of sulfonamides is 1. The van der Waals surface area contributed by atoms with Crippen LogP contribution in [0.3, 0.4) is 0 Å². The highest BCUT2D eigenvalue weighted by Crippen LogP contribution is 2.27. The Labute approximate surface area is 280 Å². The van der Waals surface area contributed by atoms with Crippen molar-refractivity contribution in [3.8, 4) is 0 Å². The second-order valence-corrected chi connectivity index (χ2v) is 14.5. The van der Waals surface area contributed by atoms with Gasteiger partial charge in [0.1, 0.15) is 12.6 Å². The van der Waals surface area contributed by atoms with E-state index in [9.17, 15) is 18.0 Å². The molecule has 0 saturated heterocycles. The highest BCUT2D eigenvalue weighted by molar-refractivity contribution is 7.92. The third-order valence-electron chi connectivity index (χ3n) is 8.48. The molecular weight excluding hydrogens is 607 g/mol. The van der Waals surface area contributed by atoms with E-state index in [1.165, 1.54) is 9.21 Å². The van der Waals surface area contributed by atoms with Gasteiger partial charge in [0.25, 0.3) is 10.0 Å². The second-order valence-electron chi connectivity index (χ2n) is 12.6. The highest BCUT2D eigenvalue weighted by atomic mass is 32.2. The van der Waals surface area contributed by atoms with Gasteiger partial charge in [-0.2, -0.15) is 0 Å². The van der Waals surface area contributed by atoms with Crippen LogP contribution in [0.5, 0.6) is 0 Å². The Balaban J connectivity index is 1.81. The largest absolute Gasteiger partial charge is 0.352 e. The molecule has 47 heavy (non-hydrogen) atoms. The predicted octanol–water partition coefficient (Wildman–Crippen LogP) is 7.18. The average molecular weight is 654 g/mol. The summed E-state index contributed by atoms with van der Waals surface area (Å²) in [5, 5.41) is 3.08. The third kappa shape index (κ3) is 9.32. The summed E-state index contributed by atoms with van der Waals surface area (Å²) < 4.78 is 29.7. The van der Waals surface area contributed by atoms with Crippen molar-refractivity contribution in [1.82, 2.24) is 10.2 Å². The van der Waals surface area contributed by atoms with Gasteiger partial charge in [-0.3, -0.25) is 13.9 Å². The van der Waals surface area contributed by atoms with E-state index < -0.39 is 28.5 Å². The fourth-order valence-electron chi connectivity index (χ4n) is 5.28. The molecule has 0 unspecified atom stereocenters. The molecule has 4 aromatic rings. The highest BCUT2D eigenvalue weighted by Gasteiger charge is 2.35. The van der Waals surface area contributed by atoms with Gasteiger partial charge in [0.2, 0.25) is 11.8 Å². The van der Waals surface area contributed by atoms with E-state index >= 15 is 0 Å². The van der Waals surface area contributed by atoms with Crippen LogP contribution in [0.2, 0.25) is 0 Å². The first kappa shape index (κ1) is 35.4. The Kier molecular flexibility index (Phi) is 12.0. The van der Waals surface area contributed by atoms with Gasteiger partial charge in [-0.1, -0.05) is 111 Å². The van der Waals surface area contributed by atoms with E-state index in [0.717, 1.165) is 34.2 Å². The maximum absolute atomic E-state index is 14.6. The van der Waals surface area contributed by atoms with E-state index in [1.54, 1.807) is 36.4 Å². The molecule has 0 aliphatic carbocycles. The summed E-state index contributed by atoms with van der Waals surface area (Å²) in [6.07, 6.45) is 0.999. The monoisotopic (exact) mass is 653 g/mol. The minimum Gasteiger partial charge on any atom is -0.352 e. The summed E-state index contributed by atoms with van der Waals surface area (Å²) in [4.78, 5) is 30.2. The summed E-state index contributed by atoms with van der Waals surface area (Å²) in [5.41, 5.74) is 5.16. The van der Waals surface area contributed by atoms with Crippen LogP contribution in [0.15, 0.2) is 108 Å². The van der Waals surface area contributed by atoms with Crippen molar-refractivity contribution in [2.75, 3.05) is 10.8 Å². The minimum absolute atomic E-state index is 0.0873. The maximum Gasteiger partial charge on any atom is 0.264 e. The molecular formula is C39H47N3O4S. The zero-order valence-electron chi connectivity index (χ0n) is 28.3. The molecule has 7 nitrogen and oxygen atoms in total. The fourth-order valence-corrected chi connectivity index (χ4v) is 6.69. The van der Waals surface area contributed by atoms with E-state index in [2.05, 4.69) is 19.2 Å². The molecule has 0 aliphatic rings. The summed E-state index contributed by atoms with van der Waals surface area (Å²) in [6, 6.07) is 30.3. The van der Waals surface area contributed by atoms with Gasteiger partial charge in [-0.25, -0.2) is 8.42 Å². The number of nitrogens with one attached hydrogen (secondary N) is 1. The molecule has 4 aromatic carbocycles. The van der Waals surface area contributed by atoms with Gasteiger partial charge in [-0.05, 0) is 74.1 Å². The Hall–Kier alpha value is -4.43. The molecule has 0 fully saturated rings. The van der Waals surface area contributed by atoms with Crippen molar-refractivity contribution < 1.29 is 18.0 Å².